The van der Waals surface area contributed by atoms with Gasteiger partial charge in [0, 0.05) is 0 Å². The lowest BCUT2D eigenvalue weighted by molar-refractivity contribution is -0.177. The van der Waals surface area contributed by atoms with Gasteiger partial charge in [-0.2, -0.15) is 0 Å². The summed E-state index contributed by atoms with van der Waals surface area (Å²) < 4.78 is 0. The predicted octanol–water partition coefficient (Wildman–Crippen LogP) is 3.75. The minimum absolute atomic E-state index is 0.000634. The molecule has 25 heavy (non-hydrogen) atoms. The van der Waals surface area contributed by atoms with Crippen molar-refractivity contribution in [3.63, 3.8) is 0 Å². The third-order valence-corrected chi connectivity index (χ3v) is 9.43. The summed E-state index contributed by atoms with van der Waals surface area (Å²) in [6.45, 7) is 6.97. The highest BCUT2D eigenvalue weighted by molar-refractivity contribution is 5.12. The molecule has 4 rings (SSSR count). The summed E-state index contributed by atoms with van der Waals surface area (Å²) in [6, 6.07) is 0. The van der Waals surface area contributed by atoms with Gasteiger partial charge in [0.05, 0.1) is 18.3 Å². The molecule has 3 nitrogen and oxygen atoms in total. The number of fused-ring (bicyclic) bond motifs is 5. The highest BCUT2D eigenvalue weighted by Gasteiger charge is 2.63. The van der Waals surface area contributed by atoms with Crippen molar-refractivity contribution in [2.45, 2.75) is 96.9 Å². The van der Waals surface area contributed by atoms with E-state index in [1.54, 1.807) is 0 Å². The van der Waals surface area contributed by atoms with Crippen LogP contribution < -0.4 is 0 Å². The van der Waals surface area contributed by atoms with Crippen LogP contribution in [0.1, 0.15) is 78.6 Å². The molecule has 0 aliphatic heterocycles. The normalized spacial score (nSPS) is 58.3. The Morgan fingerprint density at radius 2 is 1.60 bits per heavy atom. The van der Waals surface area contributed by atoms with E-state index in [1.165, 1.54) is 0 Å². The van der Waals surface area contributed by atoms with E-state index in [2.05, 4.69) is 20.8 Å². The van der Waals surface area contributed by atoms with E-state index in [9.17, 15) is 15.3 Å². The minimum atomic E-state index is -0.245. The highest BCUT2D eigenvalue weighted by Crippen LogP contribution is 2.67. The van der Waals surface area contributed by atoms with E-state index >= 15 is 0 Å². The van der Waals surface area contributed by atoms with E-state index in [4.69, 9.17) is 0 Å². The zero-order valence-corrected chi connectivity index (χ0v) is 16.3. The molecule has 3 heteroatoms. The second kappa shape index (κ2) is 6.21. The zero-order chi connectivity index (χ0) is 18.0. The van der Waals surface area contributed by atoms with Crippen LogP contribution in [-0.2, 0) is 0 Å². The van der Waals surface area contributed by atoms with Crippen LogP contribution >= 0.6 is 0 Å². The van der Waals surface area contributed by atoms with Gasteiger partial charge in [0.15, 0.2) is 0 Å². The van der Waals surface area contributed by atoms with Crippen molar-refractivity contribution in [1.29, 1.82) is 0 Å². The lowest BCUT2D eigenvalue weighted by Crippen LogP contribution is -2.58. The maximum Gasteiger partial charge on any atom is 0.0624 e. The number of hydrogen-bond donors (Lipinski definition) is 3. The van der Waals surface area contributed by atoms with Gasteiger partial charge < -0.3 is 15.3 Å². The summed E-state index contributed by atoms with van der Waals surface area (Å²) in [5.41, 5.74) is 0.275. The molecule has 10 atom stereocenters. The minimum Gasteiger partial charge on any atom is -0.393 e. The van der Waals surface area contributed by atoms with Crippen LogP contribution in [0.3, 0.4) is 0 Å². The second-order valence-corrected chi connectivity index (χ2v) is 10.5. The second-order valence-electron chi connectivity index (χ2n) is 10.5. The van der Waals surface area contributed by atoms with Crippen molar-refractivity contribution >= 4 is 0 Å². The van der Waals surface area contributed by atoms with Crippen molar-refractivity contribution in [3.8, 4) is 0 Å². The third kappa shape index (κ3) is 2.56. The molecule has 0 bridgehead atoms. The smallest absolute Gasteiger partial charge is 0.0624 e. The predicted molar refractivity (Wildman–Crippen MR) is 98.9 cm³/mol. The molecular formula is C22H38O3. The molecule has 4 aliphatic rings. The van der Waals surface area contributed by atoms with Crippen molar-refractivity contribution in [2.75, 3.05) is 0 Å². The number of rotatable bonds is 2. The van der Waals surface area contributed by atoms with E-state index < -0.39 is 0 Å². The van der Waals surface area contributed by atoms with E-state index in [1.807, 2.05) is 0 Å². The summed E-state index contributed by atoms with van der Waals surface area (Å²) in [5, 5.41) is 32.4. The topological polar surface area (TPSA) is 60.7 Å². The average molecular weight is 351 g/mol. The Morgan fingerprint density at radius 1 is 0.880 bits per heavy atom. The summed E-state index contributed by atoms with van der Waals surface area (Å²) in [6.07, 6.45) is 8.78. The van der Waals surface area contributed by atoms with Crippen LogP contribution in [0.2, 0.25) is 0 Å². The summed E-state index contributed by atoms with van der Waals surface area (Å²) in [5.74, 6) is 2.28. The fourth-order valence-electron chi connectivity index (χ4n) is 8.00. The first-order valence-electron chi connectivity index (χ1n) is 10.9. The number of hydrogen-bond acceptors (Lipinski definition) is 3. The zero-order valence-electron chi connectivity index (χ0n) is 16.3. The molecule has 4 fully saturated rings. The van der Waals surface area contributed by atoms with Gasteiger partial charge in [0.2, 0.25) is 0 Å². The van der Waals surface area contributed by atoms with Gasteiger partial charge in [0.25, 0.3) is 0 Å². The van der Waals surface area contributed by atoms with Crippen LogP contribution in [0.4, 0.5) is 0 Å². The van der Waals surface area contributed by atoms with Crippen molar-refractivity contribution in [1.82, 2.24) is 0 Å². The molecule has 0 spiro atoms. The Kier molecular flexibility index (Phi) is 4.53. The van der Waals surface area contributed by atoms with Crippen LogP contribution in [0, 0.1) is 40.4 Å². The van der Waals surface area contributed by atoms with E-state index in [0.717, 1.165) is 57.8 Å². The Labute approximate surface area is 153 Å². The van der Waals surface area contributed by atoms with Crippen molar-refractivity contribution in [3.05, 3.63) is 0 Å². The van der Waals surface area contributed by atoms with Gasteiger partial charge in [0.1, 0.15) is 0 Å². The Morgan fingerprint density at radius 3 is 2.32 bits per heavy atom. The van der Waals surface area contributed by atoms with Crippen LogP contribution in [0.25, 0.3) is 0 Å². The first-order valence-corrected chi connectivity index (χ1v) is 10.9. The largest absolute Gasteiger partial charge is 0.393 e. The maximum absolute atomic E-state index is 11.1. The van der Waals surface area contributed by atoms with Gasteiger partial charge in [-0.05, 0) is 91.8 Å². The molecule has 0 aromatic rings. The lowest BCUT2D eigenvalue weighted by Gasteiger charge is -2.61. The molecule has 144 valence electrons. The molecule has 4 aliphatic carbocycles. The third-order valence-electron chi connectivity index (χ3n) is 9.43. The summed E-state index contributed by atoms with van der Waals surface area (Å²) >= 11 is 0. The van der Waals surface area contributed by atoms with Gasteiger partial charge >= 0.3 is 0 Å². The SMILES string of the molecule is CCC[C@@H]1C[C@H]2[C@@H]3[C@@H](O)C[C@H]4C[C@H](O)CC[C@]4(C)[C@H]3CC[C@]2(C)[C@H]1O. The van der Waals surface area contributed by atoms with Gasteiger partial charge in [-0.1, -0.05) is 27.2 Å². The fourth-order valence-corrected chi connectivity index (χ4v) is 8.00. The molecule has 0 amide bonds. The van der Waals surface area contributed by atoms with Gasteiger partial charge in [-0.25, -0.2) is 0 Å². The lowest BCUT2D eigenvalue weighted by atomic mass is 9.44. The molecule has 0 saturated heterocycles. The Hall–Kier alpha value is -0.120. The fraction of sp³-hybridized carbons (Fsp3) is 1.00. The quantitative estimate of drug-likeness (QED) is 0.711. The summed E-state index contributed by atoms with van der Waals surface area (Å²) in [7, 11) is 0. The summed E-state index contributed by atoms with van der Waals surface area (Å²) in [4.78, 5) is 0. The van der Waals surface area contributed by atoms with Crippen molar-refractivity contribution < 1.29 is 15.3 Å². The highest BCUT2D eigenvalue weighted by atomic mass is 16.3. The Balaban J connectivity index is 1.64. The van der Waals surface area contributed by atoms with Gasteiger partial charge in [-0.15, -0.1) is 0 Å². The molecule has 0 radical (unpaired) electrons. The average Bonchev–Trinajstić information content (AvgIpc) is 2.82. The van der Waals surface area contributed by atoms with Gasteiger partial charge in [-0.3, -0.25) is 0 Å². The van der Waals surface area contributed by atoms with Crippen LogP contribution in [-0.4, -0.2) is 33.6 Å². The van der Waals surface area contributed by atoms with E-state index in [0.29, 0.717) is 29.6 Å². The van der Waals surface area contributed by atoms with Crippen LogP contribution in [0.15, 0.2) is 0 Å². The number of aliphatic hydroxyl groups excluding tert-OH is 3. The first-order chi connectivity index (χ1) is 11.8. The maximum atomic E-state index is 11.1. The molecule has 4 saturated carbocycles. The molecule has 3 N–H and O–H groups in total. The first kappa shape index (κ1) is 18.3. The molecule has 0 heterocycles. The molecule has 0 aromatic heterocycles. The molecule has 0 unspecified atom stereocenters. The van der Waals surface area contributed by atoms with Crippen LogP contribution in [0.5, 0.6) is 0 Å². The molecular weight excluding hydrogens is 312 g/mol. The van der Waals surface area contributed by atoms with E-state index in [-0.39, 0.29) is 29.1 Å². The number of aliphatic hydroxyl groups is 3. The Bertz CT molecular complexity index is 506. The monoisotopic (exact) mass is 350 g/mol. The molecule has 0 aromatic carbocycles. The standard InChI is InChI=1S/C22H38O3/c1-4-5-13-10-17-19-16(7-9-22(17,3)20(13)25)21(2)8-6-15(23)11-14(21)12-18(19)24/h13-20,23-25H,4-12H2,1-3H3/t13-,14-,15-,16+,17+,18+,19-,20+,21+,22+/m1/s1. The van der Waals surface area contributed by atoms with Crippen molar-refractivity contribution in [2.24, 2.45) is 40.4 Å².